The normalized spacial score (nSPS) is 11.6. The van der Waals surface area contributed by atoms with Crippen molar-refractivity contribution in [2.24, 2.45) is 4.99 Å². The molecule has 0 aromatic heterocycles. The predicted octanol–water partition coefficient (Wildman–Crippen LogP) is 9.56. The van der Waals surface area contributed by atoms with E-state index in [1.54, 1.807) is 6.08 Å². The van der Waals surface area contributed by atoms with Crippen LogP contribution < -0.4 is 0 Å². The number of carbonyl (C=O) groups excluding carboxylic acids is 1. The molecule has 36 heavy (non-hydrogen) atoms. The maximum atomic E-state index is 9.98. The molecule has 6 heteroatoms. The molecule has 0 saturated heterocycles. The molecule has 0 amide bonds. The highest BCUT2D eigenvalue weighted by molar-refractivity contribution is 6.60. The van der Waals surface area contributed by atoms with E-state index in [4.69, 9.17) is 13.3 Å². The van der Waals surface area contributed by atoms with Crippen LogP contribution in [0.4, 0.5) is 0 Å². The zero-order chi connectivity index (χ0) is 26.4. The Balaban J connectivity index is 3.32. The van der Waals surface area contributed by atoms with Gasteiger partial charge in [0.1, 0.15) is 0 Å². The third-order valence-electron chi connectivity index (χ3n) is 6.91. The van der Waals surface area contributed by atoms with Crippen molar-refractivity contribution in [3.8, 4) is 0 Å². The summed E-state index contributed by atoms with van der Waals surface area (Å²) >= 11 is 0. The lowest BCUT2D eigenvalue weighted by Crippen LogP contribution is -2.45. The number of hydrogen-bond donors (Lipinski definition) is 0. The van der Waals surface area contributed by atoms with Gasteiger partial charge in [-0.05, 0) is 33.6 Å². The fourth-order valence-corrected chi connectivity index (χ4v) is 7.62. The second-order valence-corrected chi connectivity index (χ2v) is 12.9. The Kier molecular flexibility index (Phi) is 28.6. The van der Waals surface area contributed by atoms with Crippen LogP contribution in [0.3, 0.4) is 0 Å². The zero-order valence-electron chi connectivity index (χ0n) is 24.5. The summed E-state index contributed by atoms with van der Waals surface area (Å²) in [4.78, 5) is 13.6. The maximum absolute atomic E-state index is 9.98. The summed E-state index contributed by atoms with van der Waals surface area (Å²) in [6.07, 6.45) is 29.9. The van der Waals surface area contributed by atoms with Crippen molar-refractivity contribution in [2.45, 2.75) is 162 Å². The van der Waals surface area contributed by atoms with Gasteiger partial charge in [-0.3, -0.25) is 0 Å². The third kappa shape index (κ3) is 23.9. The topological polar surface area (TPSA) is 57.1 Å². The van der Waals surface area contributed by atoms with Crippen LogP contribution in [0.5, 0.6) is 0 Å². The minimum atomic E-state index is -2.42. The van der Waals surface area contributed by atoms with Gasteiger partial charge in [-0.15, -0.1) is 0 Å². The van der Waals surface area contributed by atoms with Crippen molar-refractivity contribution in [2.75, 3.05) is 26.4 Å². The van der Waals surface area contributed by atoms with Crippen LogP contribution in [0.1, 0.15) is 156 Å². The summed E-state index contributed by atoms with van der Waals surface area (Å²) in [7, 11) is -2.42. The Labute approximate surface area is 225 Å². The zero-order valence-corrected chi connectivity index (χ0v) is 25.5. The molecule has 5 nitrogen and oxygen atoms in total. The number of nitrogens with zero attached hydrogens (tertiary/aromatic N) is 1. The molecule has 0 aromatic carbocycles. The molecule has 0 radical (unpaired) electrons. The smallest absolute Gasteiger partial charge is 0.374 e. The van der Waals surface area contributed by atoms with Gasteiger partial charge < -0.3 is 13.3 Å². The van der Waals surface area contributed by atoms with Crippen molar-refractivity contribution in [1.29, 1.82) is 0 Å². The first kappa shape index (κ1) is 35.5. The average Bonchev–Trinajstić information content (AvgIpc) is 2.87. The summed E-state index contributed by atoms with van der Waals surface area (Å²) < 4.78 is 17.8. The fraction of sp³-hybridized carbons (Fsp3) is 0.967. The van der Waals surface area contributed by atoms with Crippen LogP contribution >= 0.6 is 0 Å². The van der Waals surface area contributed by atoms with Crippen molar-refractivity contribution in [3.63, 3.8) is 0 Å². The molecule has 214 valence electrons. The highest BCUT2D eigenvalue weighted by Crippen LogP contribution is 2.21. The van der Waals surface area contributed by atoms with Crippen molar-refractivity contribution in [3.05, 3.63) is 0 Å². The highest BCUT2D eigenvalue weighted by Gasteiger charge is 2.39. The van der Waals surface area contributed by atoms with Crippen LogP contribution in [0.25, 0.3) is 0 Å². The number of unbranched alkanes of at least 4 members (excludes halogenated alkanes) is 20. The van der Waals surface area contributed by atoms with Crippen molar-refractivity contribution >= 4 is 14.9 Å². The quantitative estimate of drug-likeness (QED) is 0.0404. The van der Waals surface area contributed by atoms with Crippen LogP contribution in [0.15, 0.2) is 4.99 Å². The molecule has 0 heterocycles. The maximum Gasteiger partial charge on any atom is 0.500 e. The number of isocyanates is 1. The summed E-state index contributed by atoms with van der Waals surface area (Å²) in [6, 6.07) is 0.962. The summed E-state index contributed by atoms with van der Waals surface area (Å²) in [5.41, 5.74) is 0. The Morgan fingerprint density at radius 1 is 0.472 bits per heavy atom. The molecule has 0 aliphatic heterocycles. The minimum absolute atomic E-state index is 0.660. The largest absolute Gasteiger partial charge is 0.500 e. The number of aliphatic imine (C=N–C) groups is 1. The first-order valence-electron chi connectivity index (χ1n) is 15.7. The molecule has 0 aliphatic rings. The van der Waals surface area contributed by atoms with Gasteiger partial charge in [0.2, 0.25) is 6.08 Å². The van der Waals surface area contributed by atoms with E-state index in [9.17, 15) is 4.79 Å². The first-order valence-corrected chi connectivity index (χ1v) is 17.6. The molecule has 0 saturated carbocycles. The van der Waals surface area contributed by atoms with Crippen LogP contribution in [-0.2, 0) is 18.1 Å². The standard InChI is InChI=1S/C30H61NO4Si/c1-4-33-36(34-5-2,35-6-3)29-27-25-23-21-19-17-15-13-11-9-7-8-10-12-14-16-18-20-22-24-26-28-31-30-32/h4-29H2,1-3H3. The molecule has 0 spiro atoms. The van der Waals surface area contributed by atoms with Crippen molar-refractivity contribution < 1.29 is 18.1 Å². The van der Waals surface area contributed by atoms with E-state index in [-0.39, 0.29) is 0 Å². The van der Waals surface area contributed by atoms with Gasteiger partial charge in [0.05, 0.1) is 6.54 Å². The van der Waals surface area contributed by atoms with E-state index in [2.05, 4.69) is 4.99 Å². The summed E-state index contributed by atoms with van der Waals surface area (Å²) in [5, 5.41) is 0. The van der Waals surface area contributed by atoms with E-state index < -0.39 is 8.80 Å². The van der Waals surface area contributed by atoms with Crippen molar-refractivity contribution in [1.82, 2.24) is 0 Å². The molecule has 0 unspecified atom stereocenters. The molecule has 0 aliphatic carbocycles. The van der Waals surface area contributed by atoms with Gasteiger partial charge in [-0.1, -0.05) is 122 Å². The van der Waals surface area contributed by atoms with E-state index in [0.717, 1.165) is 18.9 Å². The fourth-order valence-electron chi connectivity index (χ4n) is 4.94. The van der Waals surface area contributed by atoms with Gasteiger partial charge in [-0.2, -0.15) is 0 Å². The van der Waals surface area contributed by atoms with Gasteiger partial charge >= 0.3 is 8.80 Å². The average molecular weight is 528 g/mol. The molecule has 0 bridgehead atoms. The van der Waals surface area contributed by atoms with Gasteiger partial charge in [0.25, 0.3) is 0 Å². The minimum Gasteiger partial charge on any atom is -0.374 e. The monoisotopic (exact) mass is 527 g/mol. The second-order valence-electron chi connectivity index (χ2n) is 10.1. The molecule has 0 N–H and O–H groups in total. The van der Waals surface area contributed by atoms with Gasteiger partial charge in [-0.25, -0.2) is 9.79 Å². The van der Waals surface area contributed by atoms with E-state index in [1.807, 2.05) is 20.8 Å². The molecular weight excluding hydrogens is 466 g/mol. The number of rotatable bonds is 30. The first-order chi connectivity index (χ1) is 17.7. The van der Waals surface area contributed by atoms with E-state index >= 15 is 0 Å². The summed E-state index contributed by atoms with van der Waals surface area (Å²) in [6.45, 7) is 8.79. The highest BCUT2D eigenvalue weighted by atomic mass is 28.4. The van der Waals surface area contributed by atoms with Crippen LogP contribution in [-0.4, -0.2) is 41.2 Å². The second kappa shape index (κ2) is 29.0. The Morgan fingerprint density at radius 3 is 1.03 bits per heavy atom. The molecule has 0 fully saturated rings. The molecule has 0 aromatic rings. The number of hydrogen-bond acceptors (Lipinski definition) is 5. The Hall–Kier alpha value is -0.523. The van der Waals surface area contributed by atoms with E-state index in [1.165, 1.54) is 122 Å². The van der Waals surface area contributed by atoms with Crippen LogP contribution in [0, 0.1) is 0 Å². The lowest BCUT2D eigenvalue weighted by molar-refractivity contribution is 0.0706. The molecule has 0 atom stereocenters. The molecule has 0 rings (SSSR count). The Morgan fingerprint density at radius 2 is 0.750 bits per heavy atom. The summed E-state index contributed by atoms with van der Waals surface area (Å²) in [5.74, 6) is 0. The Bertz CT molecular complexity index is 469. The predicted molar refractivity (Wildman–Crippen MR) is 155 cm³/mol. The molecular formula is C30H61NO4Si. The SMILES string of the molecule is CCO[Si](CCCCCCCCCCCCCCCCCCCCCCCN=C=O)(OCC)OCC. The third-order valence-corrected chi connectivity index (χ3v) is 10.1. The van der Waals surface area contributed by atoms with E-state index in [0.29, 0.717) is 26.4 Å². The lowest BCUT2D eigenvalue weighted by atomic mass is 10.0. The van der Waals surface area contributed by atoms with Crippen LogP contribution in [0.2, 0.25) is 6.04 Å². The van der Waals surface area contributed by atoms with Gasteiger partial charge in [0, 0.05) is 25.9 Å². The lowest BCUT2D eigenvalue weighted by Gasteiger charge is -2.28. The van der Waals surface area contributed by atoms with Gasteiger partial charge in [0.15, 0.2) is 0 Å².